The Hall–Kier alpha value is -1.50. The number of methoxy groups -OCH3 is 1. The highest BCUT2D eigenvalue weighted by molar-refractivity contribution is 5.55. The topological polar surface area (TPSA) is 69.2 Å². The van der Waals surface area contributed by atoms with Gasteiger partial charge in [-0.15, -0.1) is 0 Å². The van der Waals surface area contributed by atoms with Crippen LogP contribution in [0, 0.1) is 11.8 Å². The van der Waals surface area contributed by atoms with Crippen molar-refractivity contribution in [3.63, 3.8) is 0 Å². The zero-order valence-corrected chi connectivity index (χ0v) is 14.0. The predicted octanol–water partition coefficient (Wildman–Crippen LogP) is 2.04. The predicted molar refractivity (Wildman–Crippen MR) is 87.2 cm³/mol. The summed E-state index contributed by atoms with van der Waals surface area (Å²) in [6.45, 7) is 1.58. The van der Waals surface area contributed by atoms with Crippen LogP contribution in [-0.2, 0) is 11.3 Å². The number of ether oxygens (including phenoxy) is 4. The molecule has 0 saturated heterocycles. The van der Waals surface area contributed by atoms with Crippen LogP contribution in [0.5, 0.6) is 17.2 Å². The average molecular weight is 335 g/mol. The molecule has 2 saturated carbocycles. The van der Waals surface area contributed by atoms with Crippen molar-refractivity contribution in [2.24, 2.45) is 11.8 Å². The van der Waals surface area contributed by atoms with Crippen molar-refractivity contribution < 1.29 is 24.1 Å². The Bertz CT molecular complexity index is 585. The fourth-order valence-electron chi connectivity index (χ4n) is 3.61. The molecule has 6 heteroatoms. The second-order valence-electron chi connectivity index (χ2n) is 6.97. The minimum Gasteiger partial charge on any atom is -0.467 e. The molecular weight excluding hydrogens is 310 g/mol. The van der Waals surface area contributed by atoms with Crippen LogP contribution >= 0.6 is 0 Å². The van der Waals surface area contributed by atoms with E-state index in [-0.39, 0.29) is 13.6 Å². The standard InChI is InChI=1S/C18H25NO5/c1-21-10-22-15-6-7-16-17(24-11-23-16)14(15)8-19-9-18(20,12-2-3-12)13-4-5-13/h6-7,12-13,19-20H,2-5,8-11H2,1H3. The Balaban J connectivity index is 1.46. The summed E-state index contributed by atoms with van der Waals surface area (Å²) in [4.78, 5) is 0. The van der Waals surface area contributed by atoms with Gasteiger partial charge in [-0.2, -0.15) is 0 Å². The summed E-state index contributed by atoms with van der Waals surface area (Å²) in [6, 6.07) is 3.72. The molecule has 0 radical (unpaired) electrons. The van der Waals surface area contributed by atoms with Crippen molar-refractivity contribution in [3.05, 3.63) is 17.7 Å². The molecule has 3 aliphatic rings. The van der Waals surface area contributed by atoms with Crippen LogP contribution < -0.4 is 19.5 Å². The molecule has 1 heterocycles. The van der Waals surface area contributed by atoms with Gasteiger partial charge in [-0.1, -0.05) is 0 Å². The number of benzene rings is 1. The first-order valence-corrected chi connectivity index (χ1v) is 8.68. The van der Waals surface area contributed by atoms with Gasteiger partial charge in [0.05, 0.1) is 11.2 Å². The maximum atomic E-state index is 11.0. The summed E-state index contributed by atoms with van der Waals surface area (Å²) in [6.07, 6.45) is 4.59. The first-order valence-electron chi connectivity index (χ1n) is 8.68. The Morgan fingerprint density at radius 2 is 1.96 bits per heavy atom. The number of fused-ring (bicyclic) bond motifs is 1. The molecular formula is C18H25NO5. The number of hydrogen-bond donors (Lipinski definition) is 2. The molecule has 0 aromatic heterocycles. The van der Waals surface area contributed by atoms with Gasteiger partial charge in [0.15, 0.2) is 18.3 Å². The smallest absolute Gasteiger partial charge is 0.231 e. The number of nitrogens with one attached hydrogen (secondary N) is 1. The lowest BCUT2D eigenvalue weighted by atomic mass is 9.91. The molecule has 2 N–H and O–H groups in total. The Labute approximate surface area is 142 Å². The molecule has 2 aliphatic carbocycles. The van der Waals surface area contributed by atoms with Crippen molar-refractivity contribution in [2.75, 3.05) is 27.2 Å². The first kappa shape index (κ1) is 16.0. The third-order valence-corrected chi connectivity index (χ3v) is 5.21. The van der Waals surface area contributed by atoms with Crippen molar-refractivity contribution in [2.45, 2.75) is 37.8 Å². The molecule has 0 spiro atoms. The number of rotatable bonds is 9. The van der Waals surface area contributed by atoms with E-state index in [1.807, 2.05) is 12.1 Å². The summed E-state index contributed by atoms with van der Waals surface area (Å²) in [5, 5.41) is 14.4. The lowest BCUT2D eigenvalue weighted by molar-refractivity contribution is -0.00434. The third kappa shape index (κ3) is 3.06. The molecule has 1 aliphatic heterocycles. The highest BCUT2D eigenvalue weighted by Gasteiger charge is 2.52. The molecule has 0 amide bonds. The van der Waals surface area contributed by atoms with Crippen LogP contribution in [0.15, 0.2) is 12.1 Å². The molecule has 1 aromatic carbocycles. The summed E-state index contributed by atoms with van der Waals surface area (Å²) in [5.74, 6) is 3.09. The van der Waals surface area contributed by atoms with Crippen LogP contribution in [0.2, 0.25) is 0 Å². The SMILES string of the molecule is COCOc1ccc2c(c1CNCC(O)(C1CC1)C1CC1)OCO2. The lowest BCUT2D eigenvalue weighted by Crippen LogP contribution is -2.44. The summed E-state index contributed by atoms with van der Waals surface area (Å²) < 4.78 is 21.7. The van der Waals surface area contributed by atoms with Gasteiger partial charge in [0, 0.05) is 20.2 Å². The fraction of sp³-hybridized carbons (Fsp3) is 0.667. The number of hydrogen-bond acceptors (Lipinski definition) is 6. The molecule has 2 fully saturated rings. The summed E-state index contributed by atoms with van der Waals surface area (Å²) in [7, 11) is 1.59. The van der Waals surface area contributed by atoms with E-state index in [9.17, 15) is 5.11 Å². The molecule has 4 rings (SSSR count). The van der Waals surface area contributed by atoms with E-state index in [1.54, 1.807) is 7.11 Å². The van der Waals surface area contributed by atoms with Gasteiger partial charge in [-0.25, -0.2) is 0 Å². The van der Waals surface area contributed by atoms with Gasteiger partial charge in [0.1, 0.15) is 5.75 Å². The monoisotopic (exact) mass is 335 g/mol. The fourth-order valence-corrected chi connectivity index (χ4v) is 3.61. The van der Waals surface area contributed by atoms with Crippen molar-refractivity contribution in [3.8, 4) is 17.2 Å². The van der Waals surface area contributed by atoms with Crippen molar-refractivity contribution >= 4 is 0 Å². The van der Waals surface area contributed by atoms with Crippen LogP contribution in [0.25, 0.3) is 0 Å². The van der Waals surface area contributed by atoms with Crippen LogP contribution in [0.1, 0.15) is 31.2 Å². The Kier molecular flexibility index (Phi) is 4.28. The Morgan fingerprint density at radius 3 is 2.62 bits per heavy atom. The van der Waals surface area contributed by atoms with E-state index >= 15 is 0 Å². The molecule has 0 atom stereocenters. The lowest BCUT2D eigenvalue weighted by Gasteiger charge is -2.29. The van der Waals surface area contributed by atoms with Crippen molar-refractivity contribution in [1.29, 1.82) is 0 Å². The molecule has 0 unspecified atom stereocenters. The van der Waals surface area contributed by atoms with Gasteiger partial charge in [-0.05, 0) is 49.7 Å². The van der Waals surface area contributed by atoms with Gasteiger partial charge in [-0.3, -0.25) is 0 Å². The minimum absolute atomic E-state index is 0.181. The van der Waals surface area contributed by atoms with E-state index in [4.69, 9.17) is 18.9 Å². The summed E-state index contributed by atoms with van der Waals surface area (Å²) >= 11 is 0. The van der Waals surface area contributed by atoms with Gasteiger partial charge in [0.25, 0.3) is 0 Å². The average Bonchev–Trinajstić information content (AvgIpc) is 3.49. The van der Waals surface area contributed by atoms with Gasteiger partial charge >= 0.3 is 0 Å². The van der Waals surface area contributed by atoms with E-state index in [2.05, 4.69) is 5.32 Å². The molecule has 1 aromatic rings. The second-order valence-corrected chi connectivity index (χ2v) is 6.97. The third-order valence-electron chi connectivity index (χ3n) is 5.21. The molecule has 0 bridgehead atoms. The van der Waals surface area contributed by atoms with Crippen LogP contribution in [0.3, 0.4) is 0 Å². The van der Waals surface area contributed by atoms with Crippen molar-refractivity contribution in [1.82, 2.24) is 5.32 Å². The van der Waals surface area contributed by atoms with Gasteiger partial charge in [0.2, 0.25) is 6.79 Å². The highest BCUT2D eigenvalue weighted by atomic mass is 16.7. The maximum absolute atomic E-state index is 11.0. The normalized spacial score (nSPS) is 19.6. The highest BCUT2D eigenvalue weighted by Crippen LogP contribution is 2.51. The van der Waals surface area contributed by atoms with E-state index in [0.29, 0.717) is 24.9 Å². The largest absolute Gasteiger partial charge is 0.467 e. The van der Waals surface area contributed by atoms with Crippen LogP contribution in [0.4, 0.5) is 0 Å². The summed E-state index contributed by atoms with van der Waals surface area (Å²) in [5.41, 5.74) is 0.360. The van der Waals surface area contributed by atoms with Gasteiger partial charge < -0.3 is 29.4 Å². The number of aliphatic hydroxyl groups is 1. The zero-order valence-electron chi connectivity index (χ0n) is 14.0. The first-order chi connectivity index (χ1) is 11.7. The molecule has 6 nitrogen and oxygen atoms in total. The minimum atomic E-state index is -0.553. The Morgan fingerprint density at radius 1 is 1.21 bits per heavy atom. The van der Waals surface area contributed by atoms with E-state index in [1.165, 1.54) is 0 Å². The zero-order chi connectivity index (χ0) is 16.6. The van der Waals surface area contributed by atoms with E-state index < -0.39 is 5.60 Å². The van der Waals surface area contributed by atoms with Crippen LogP contribution in [-0.4, -0.2) is 37.9 Å². The maximum Gasteiger partial charge on any atom is 0.231 e. The molecule has 24 heavy (non-hydrogen) atoms. The quantitative estimate of drug-likeness (QED) is 0.673. The second kappa shape index (κ2) is 6.43. The molecule has 132 valence electrons. The van der Waals surface area contributed by atoms with E-state index in [0.717, 1.165) is 48.5 Å².